The summed E-state index contributed by atoms with van der Waals surface area (Å²) in [5, 5.41) is 0. The molecule has 0 aliphatic heterocycles. The molecule has 1 fully saturated rings. The molecule has 2 aromatic heterocycles. The quantitative estimate of drug-likeness (QED) is 0.481. The van der Waals surface area contributed by atoms with E-state index in [-0.39, 0.29) is 0 Å². The second-order valence-corrected chi connectivity index (χ2v) is 6.46. The van der Waals surface area contributed by atoms with Crippen LogP contribution in [0.15, 0.2) is 69.7 Å². The maximum atomic E-state index is 5.98. The van der Waals surface area contributed by atoms with Crippen molar-refractivity contribution < 1.29 is 13.6 Å². The van der Waals surface area contributed by atoms with E-state index in [9.17, 15) is 0 Å². The van der Waals surface area contributed by atoms with Crippen molar-refractivity contribution in [3.8, 4) is 28.5 Å². The molecule has 4 aromatic rings. The average molecular weight is 331 g/mol. The largest absolute Gasteiger partial charge is 0.493 e. The molecule has 0 radical (unpaired) electrons. The van der Waals surface area contributed by atoms with Gasteiger partial charge in [-0.15, -0.1) is 0 Å². The minimum atomic E-state index is 0.600. The summed E-state index contributed by atoms with van der Waals surface area (Å²) in [4.78, 5) is 4.60. The molecule has 0 unspecified atom stereocenters. The molecule has 2 heterocycles. The molecule has 1 aliphatic carbocycles. The smallest absolute Gasteiger partial charge is 0.227 e. The molecule has 0 saturated heterocycles. The monoisotopic (exact) mass is 331 g/mol. The van der Waals surface area contributed by atoms with Crippen LogP contribution in [-0.2, 0) is 0 Å². The molecule has 2 aromatic carbocycles. The van der Waals surface area contributed by atoms with Gasteiger partial charge >= 0.3 is 0 Å². The summed E-state index contributed by atoms with van der Waals surface area (Å²) in [6.45, 7) is 0.795. The number of furan rings is 1. The van der Waals surface area contributed by atoms with Crippen LogP contribution < -0.4 is 4.74 Å². The first-order chi connectivity index (χ1) is 12.3. The zero-order valence-electron chi connectivity index (χ0n) is 13.6. The van der Waals surface area contributed by atoms with E-state index in [1.807, 2.05) is 54.6 Å². The van der Waals surface area contributed by atoms with Crippen molar-refractivity contribution in [2.45, 2.75) is 12.8 Å². The Morgan fingerprint density at radius 1 is 1.00 bits per heavy atom. The fraction of sp³-hybridized carbons (Fsp3) is 0.190. The number of ether oxygens (including phenoxy) is 1. The van der Waals surface area contributed by atoms with Gasteiger partial charge in [0.2, 0.25) is 5.89 Å². The molecular weight excluding hydrogens is 314 g/mol. The fourth-order valence-corrected chi connectivity index (χ4v) is 2.86. The second kappa shape index (κ2) is 5.81. The number of fused-ring (bicyclic) bond motifs is 1. The van der Waals surface area contributed by atoms with Gasteiger partial charge in [0.1, 0.15) is 17.0 Å². The first-order valence-electron chi connectivity index (χ1n) is 8.53. The number of rotatable bonds is 5. The van der Waals surface area contributed by atoms with E-state index in [4.69, 9.17) is 13.6 Å². The number of hydrogen-bond acceptors (Lipinski definition) is 4. The molecule has 0 atom stereocenters. The molecule has 1 saturated carbocycles. The van der Waals surface area contributed by atoms with Crippen molar-refractivity contribution in [2.75, 3.05) is 6.61 Å². The van der Waals surface area contributed by atoms with Gasteiger partial charge in [0.15, 0.2) is 5.58 Å². The third kappa shape index (κ3) is 2.91. The summed E-state index contributed by atoms with van der Waals surface area (Å²) < 4.78 is 17.3. The van der Waals surface area contributed by atoms with Crippen LogP contribution >= 0.6 is 0 Å². The molecule has 0 bridgehead atoms. The van der Waals surface area contributed by atoms with Crippen molar-refractivity contribution in [3.63, 3.8) is 0 Å². The van der Waals surface area contributed by atoms with Gasteiger partial charge in [-0.25, -0.2) is 4.98 Å². The Morgan fingerprint density at radius 3 is 2.80 bits per heavy atom. The highest BCUT2D eigenvalue weighted by molar-refractivity contribution is 5.81. The van der Waals surface area contributed by atoms with Crippen molar-refractivity contribution in [2.24, 2.45) is 5.92 Å². The van der Waals surface area contributed by atoms with E-state index in [0.29, 0.717) is 5.89 Å². The Balaban J connectivity index is 1.47. The topological polar surface area (TPSA) is 48.4 Å². The van der Waals surface area contributed by atoms with Crippen LogP contribution in [0.4, 0.5) is 0 Å². The summed E-state index contributed by atoms with van der Waals surface area (Å²) in [6, 6.07) is 17.6. The van der Waals surface area contributed by atoms with Gasteiger partial charge in [0, 0.05) is 11.1 Å². The van der Waals surface area contributed by atoms with Crippen LogP contribution in [-0.4, -0.2) is 11.6 Å². The second-order valence-electron chi connectivity index (χ2n) is 6.46. The van der Waals surface area contributed by atoms with E-state index in [1.165, 1.54) is 12.8 Å². The van der Waals surface area contributed by atoms with Gasteiger partial charge in [0.25, 0.3) is 0 Å². The summed E-state index contributed by atoms with van der Waals surface area (Å²) in [5.74, 6) is 3.01. The normalized spacial score (nSPS) is 14.1. The summed E-state index contributed by atoms with van der Waals surface area (Å²) in [7, 11) is 0. The lowest BCUT2D eigenvalue weighted by molar-refractivity contribution is 0.300. The minimum Gasteiger partial charge on any atom is -0.493 e. The van der Waals surface area contributed by atoms with Gasteiger partial charge in [-0.05, 0) is 67.3 Å². The summed E-state index contributed by atoms with van der Waals surface area (Å²) >= 11 is 0. The highest BCUT2D eigenvalue weighted by Gasteiger charge is 2.22. The van der Waals surface area contributed by atoms with Crippen molar-refractivity contribution in [1.82, 2.24) is 4.98 Å². The van der Waals surface area contributed by atoms with Gasteiger partial charge in [-0.2, -0.15) is 0 Å². The predicted octanol–water partition coefficient (Wildman–Crippen LogP) is 5.54. The number of nitrogens with zero attached hydrogens (tertiary/aromatic N) is 1. The Kier molecular flexibility index (Phi) is 3.33. The summed E-state index contributed by atoms with van der Waals surface area (Å²) in [6.07, 6.45) is 4.23. The molecule has 0 N–H and O–H groups in total. The molecular formula is C21H17NO3. The average Bonchev–Trinajstić information content (AvgIpc) is 3.14. The van der Waals surface area contributed by atoms with Crippen molar-refractivity contribution >= 4 is 11.1 Å². The molecule has 5 rings (SSSR count). The Hall–Kier alpha value is -3.01. The van der Waals surface area contributed by atoms with Crippen molar-refractivity contribution in [1.29, 1.82) is 0 Å². The number of oxazole rings is 1. The third-order valence-corrected chi connectivity index (χ3v) is 4.46. The molecule has 0 spiro atoms. The SMILES string of the molecule is c1cc(OCC2CC2)cc(-c2nc3ccc(-c4ccco4)cc3o2)c1. The van der Waals surface area contributed by atoms with E-state index in [2.05, 4.69) is 4.98 Å². The van der Waals surface area contributed by atoms with Crippen LogP contribution in [0.3, 0.4) is 0 Å². The Morgan fingerprint density at radius 2 is 1.96 bits per heavy atom. The standard InChI is InChI=1S/C21H17NO3/c1-3-16(11-17(4-1)24-13-14-6-7-14)21-22-18-9-8-15(12-20(18)25-21)19-5-2-10-23-19/h1-5,8-12,14H,6-7,13H2. The van der Waals surface area contributed by atoms with E-state index in [0.717, 1.165) is 46.3 Å². The molecule has 4 nitrogen and oxygen atoms in total. The maximum absolute atomic E-state index is 5.98. The maximum Gasteiger partial charge on any atom is 0.227 e. The summed E-state index contributed by atoms with van der Waals surface area (Å²) in [5.41, 5.74) is 3.47. The Bertz CT molecular complexity index is 1010. The molecule has 4 heteroatoms. The van der Waals surface area contributed by atoms with Gasteiger partial charge in [-0.1, -0.05) is 6.07 Å². The van der Waals surface area contributed by atoms with Crippen LogP contribution in [0.1, 0.15) is 12.8 Å². The molecule has 124 valence electrons. The minimum absolute atomic E-state index is 0.600. The number of aromatic nitrogens is 1. The zero-order chi connectivity index (χ0) is 16.6. The number of benzene rings is 2. The first kappa shape index (κ1) is 14.3. The highest BCUT2D eigenvalue weighted by Crippen LogP contribution is 2.32. The Labute approximate surface area is 145 Å². The van der Waals surface area contributed by atoms with Gasteiger partial charge in [-0.3, -0.25) is 0 Å². The van der Waals surface area contributed by atoms with Crippen LogP contribution in [0.2, 0.25) is 0 Å². The zero-order valence-corrected chi connectivity index (χ0v) is 13.6. The van der Waals surface area contributed by atoms with Crippen LogP contribution in [0, 0.1) is 5.92 Å². The van der Waals surface area contributed by atoms with Crippen LogP contribution in [0.25, 0.3) is 33.9 Å². The van der Waals surface area contributed by atoms with E-state index in [1.54, 1.807) is 6.26 Å². The predicted molar refractivity (Wildman–Crippen MR) is 95.4 cm³/mol. The molecule has 1 aliphatic rings. The van der Waals surface area contributed by atoms with E-state index >= 15 is 0 Å². The third-order valence-electron chi connectivity index (χ3n) is 4.46. The highest BCUT2D eigenvalue weighted by atomic mass is 16.5. The van der Waals surface area contributed by atoms with Gasteiger partial charge < -0.3 is 13.6 Å². The lowest BCUT2D eigenvalue weighted by Crippen LogP contribution is -1.98. The molecule has 25 heavy (non-hydrogen) atoms. The first-order valence-corrected chi connectivity index (χ1v) is 8.53. The lowest BCUT2D eigenvalue weighted by atomic mass is 10.1. The van der Waals surface area contributed by atoms with Crippen molar-refractivity contribution in [3.05, 3.63) is 60.9 Å². The van der Waals surface area contributed by atoms with Crippen LogP contribution in [0.5, 0.6) is 5.75 Å². The lowest BCUT2D eigenvalue weighted by Gasteiger charge is -2.05. The van der Waals surface area contributed by atoms with E-state index < -0.39 is 0 Å². The van der Waals surface area contributed by atoms with Gasteiger partial charge in [0.05, 0.1) is 12.9 Å². The molecule has 0 amide bonds. The fourth-order valence-electron chi connectivity index (χ4n) is 2.86. The number of hydrogen-bond donors (Lipinski definition) is 0.